The van der Waals surface area contributed by atoms with E-state index in [-0.39, 0.29) is 19.1 Å². The molecule has 2 rings (SSSR count). The maximum absolute atomic E-state index is 12.5. The fourth-order valence-electron chi connectivity index (χ4n) is 4.62. The molecule has 0 spiro atoms. The minimum atomic E-state index is -2.04. The van der Waals surface area contributed by atoms with Gasteiger partial charge in [0, 0.05) is 19.1 Å². The first-order valence-corrected chi connectivity index (χ1v) is 12.7. The molecule has 1 aliphatic heterocycles. The molecule has 0 radical (unpaired) electrons. The van der Waals surface area contributed by atoms with E-state index in [1.807, 2.05) is 0 Å². The zero-order valence-electron chi connectivity index (χ0n) is 18.5. The van der Waals surface area contributed by atoms with Gasteiger partial charge in [-0.3, -0.25) is 14.4 Å². The van der Waals surface area contributed by atoms with Crippen LogP contribution in [0.2, 0.25) is 16.6 Å². The van der Waals surface area contributed by atoms with Gasteiger partial charge < -0.3 is 9.53 Å². The SMILES string of the molecule is CC(C)[Si](OCC(CCO)CON1C(=O)c2ccccc2C1=O)(C(C)C)C(C)C. The Morgan fingerprint density at radius 1 is 0.897 bits per heavy atom. The summed E-state index contributed by atoms with van der Waals surface area (Å²) in [6.45, 7) is 13.9. The van der Waals surface area contributed by atoms with Crippen molar-refractivity contribution in [3.05, 3.63) is 35.4 Å². The number of hydroxylamine groups is 2. The smallest absolute Gasteiger partial charge is 0.285 e. The molecule has 1 aromatic carbocycles. The summed E-state index contributed by atoms with van der Waals surface area (Å²) in [7, 11) is -2.04. The topological polar surface area (TPSA) is 76.1 Å². The Balaban J connectivity index is 2.06. The highest BCUT2D eigenvalue weighted by Gasteiger charge is 2.45. The van der Waals surface area contributed by atoms with Crippen LogP contribution in [0.25, 0.3) is 0 Å². The third-order valence-electron chi connectivity index (χ3n) is 6.01. The minimum absolute atomic E-state index is 0.000896. The number of fused-ring (bicyclic) bond motifs is 1. The van der Waals surface area contributed by atoms with Crippen LogP contribution in [-0.4, -0.2) is 50.1 Å². The molecule has 0 saturated heterocycles. The highest BCUT2D eigenvalue weighted by atomic mass is 28.4. The average Bonchev–Trinajstić information content (AvgIpc) is 2.90. The molecule has 162 valence electrons. The van der Waals surface area contributed by atoms with Gasteiger partial charge in [0.25, 0.3) is 11.8 Å². The normalized spacial score (nSPS) is 15.7. The fraction of sp³-hybridized carbons (Fsp3) is 0.636. The summed E-state index contributed by atoms with van der Waals surface area (Å²) in [6, 6.07) is 6.70. The predicted octanol–water partition coefficient (Wildman–Crippen LogP) is 4.40. The second kappa shape index (κ2) is 9.98. The molecule has 1 atom stereocenters. The van der Waals surface area contributed by atoms with Crippen LogP contribution in [0.3, 0.4) is 0 Å². The third-order valence-corrected chi connectivity index (χ3v) is 12.1. The second-order valence-electron chi connectivity index (χ2n) is 8.75. The Morgan fingerprint density at radius 3 is 1.79 bits per heavy atom. The number of carbonyl (C=O) groups is 2. The van der Waals surface area contributed by atoms with Gasteiger partial charge in [-0.05, 0) is 35.2 Å². The molecule has 1 heterocycles. The number of rotatable bonds is 11. The summed E-state index contributed by atoms with van der Waals surface area (Å²) < 4.78 is 6.62. The van der Waals surface area contributed by atoms with E-state index in [2.05, 4.69) is 41.5 Å². The Bertz CT molecular complexity index is 662. The quantitative estimate of drug-likeness (QED) is 0.423. The third kappa shape index (κ3) is 4.79. The monoisotopic (exact) mass is 421 g/mol. The van der Waals surface area contributed by atoms with Crippen molar-refractivity contribution in [2.45, 2.75) is 64.6 Å². The van der Waals surface area contributed by atoms with E-state index >= 15 is 0 Å². The number of imide groups is 1. The maximum Gasteiger partial charge on any atom is 0.285 e. The van der Waals surface area contributed by atoms with E-state index in [9.17, 15) is 14.7 Å². The lowest BCUT2D eigenvalue weighted by atomic mass is 10.1. The van der Waals surface area contributed by atoms with E-state index in [4.69, 9.17) is 9.26 Å². The van der Waals surface area contributed by atoms with Crippen LogP contribution in [-0.2, 0) is 9.26 Å². The Morgan fingerprint density at radius 2 is 1.38 bits per heavy atom. The zero-order chi connectivity index (χ0) is 21.8. The number of amides is 2. The molecule has 7 heteroatoms. The number of benzene rings is 1. The van der Waals surface area contributed by atoms with Gasteiger partial charge in [-0.1, -0.05) is 53.7 Å². The molecule has 1 N–H and O–H groups in total. The molecule has 29 heavy (non-hydrogen) atoms. The molecule has 1 unspecified atom stereocenters. The van der Waals surface area contributed by atoms with Gasteiger partial charge >= 0.3 is 0 Å². The zero-order valence-corrected chi connectivity index (χ0v) is 19.5. The van der Waals surface area contributed by atoms with E-state index in [0.717, 1.165) is 5.06 Å². The van der Waals surface area contributed by atoms with Crippen molar-refractivity contribution in [3.63, 3.8) is 0 Å². The van der Waals surface area contributed by atoms with E-state index in [0.29, 0.717) is 40.8 Å². The molecule has 1 aromatic rings. The van der Waals surface area contributed by atoms with Crippen molar-refractivity contribution < 1.29 is 24.0 Å². The lowest BCUT2D eigenvalue weighted by Crippen LogP contribution is -2.49. The first kappa shape index (κ1) is 23.7. The number of carbonyl (C=O) groups excluding carboxylic acids is 2. The molecule has 0 aliphatic carbocycles. The van der Waals surface area contributed by atoms with E-state index in [1.165, 1.54) is 0 Å². The molecule has 6 nitrogen and oxygen atoms in total. The summed E-state index contributed by atoms with van der Waals surface area (Å²) in [4.78, 5) is 30.6. The number of aliphatic hydroxyl groups excluding tert-OH is 1. The van der Waals surface area contributed by atoms with Crippen molar-refractivity contribution in [1.82, 2.24) is 5.06 Å². The van der Waals surface area contributed by atoms with Gasteiger partial charge in [-0.2, -0.15) is 0 Å². The van der Waals surface area contributed by atoms with Crippen molar-refractivity contribution in [2.75, 3.05) is 19.8 Å². The van der Waals surface area contributed by atoms with Gasteiger partial charge in [-0.25, -0.2) is 0 Å². The predicted molar refractivity (Wildman–Crippen MR) is 115 cm³/mol. The lowest BCUT2D eigenvalue weighted by molar-refractivity contribution is -0.108. The summed E-state index contributed by atoms with van der Waals surface area (Å²) in [5.41, 5.74) is 2.08. The van der Waals surface area contributed by atoms with Crippen LogP contribution < -0.4 is 0 Å². The lowest BCUT2D eigenvalue weighted by Gasteiger charge is -2.43. The van der Waals surface area contributed by atoms with Gasteiger partial charge in [0.15, 0.2) is 8.32 Å². The summed E-state index contributed by atoms with van der Waals surface area (Å²) in [6.07, 6.45) is 0.488. The number of aliphatic hydroxyl groups is 1. The standard InChI is InChI=1S/C22H35NO5Si/c1-15(2)29(16(3)4,17(5)6)28-14-18(11-12-24)13-27-23-21(25)19-9-7-8-10-20(19)22(23)26/h7-10,15-18,24H,11-14H2,1-6H3. The highest BCUT2D eigenvalue weighted by Crippen LogP contribution is 2.42. The Kier molecular flexibility index (Phi) is 8.16. The average molecular weight is 422 g/mol. The van der Waals surface area contributed by atoms with Crippen molar-refractivity contribution >= 4 is 20.1 Å². The molecule has 2 amide bonds. The molecule has 0 aromatic heterocycles. The number of hydrogen-bond acceptors (Lipinski definition) is 5. The summed E-state index contributed by atoms with van der Waals surface area (Å²) in [5, 5.41) is 10.3. The van der Waals surface area contributed by atoms with Gasteiger partial charge in [0.1, 0.15) is 0 Å². The van der Waals surface area contributed by atoms with Crippen molar-refractivity contribution in [2.24, 2.45) is 5.92 Å². The molecular formula is C22H35NO5Si. The first-order valence-electron chi connectivity index (χ1n) is 10.5. The van der Waals surface area contributed by atoms with E-state index in [1.54, 1.807) is 24.3 Å². The second-order valence-corrected chi connectivity index (χ2v) is 14.2. The van der Waals surface area contributed by atoms with Crippen LogP contribution in [0.4, 0.5) is 0 Å². The molecule has 0 bridgehead atoms. The Labute approximate surface area is 175 Å². The maximum atomic E-state index is 12.5. The van der Waals surface area contributed by atoms with E-state index < -0.39 is 20.1 Å². The van der Waals surface area contributed by atoms with Gasteiger partial charge in [-0.15, -0.1) is 5.06 Å². The molecule has 1 aliphatic rings. The van der Waals surface area contributed by atoms with Crippen LogP contribution in [0, 0.1) is 5.92 Å². The fourth-order valence-corrected chi connectivity index (χ4v) is 10.1. The van der Waals surface area contributed by atoms with Crippen LogP contribution in [0.5, 0.6) is 0 Å². The largest absolute Gasteiger partial charge is 0.416 e. The Hall–Kier alpha value is -1.54. The van der Waals surface area contributed by atoms with Crippen LogP contribution >= 0.6 is 0 Å². The minimum Gasteiger partial charge on any atom is -0.416 e. The van der Waals surface area contributed by atoms with Gasteiger partial charge in [0.05, 0.1) is 17.7 Å². The van der Waals surface area contributed by atoms with Gasteiger partial charge in [0.2, 0.25) is 0 Å². The first-order chi connectivity index (χ1) is 13.7. The molecule has 0 saturated carbocycles. The highest BCUT2D eigenvalue weighted by molar-refractivity contribution is 6.77. The van der Waals surface area contributed by atoms with Crippen LogP contribution in [0.15, 0.2) is 24.3 Å². The van der Waals surface area contributed by atoms with Crippen molar-refractivity contribution in [3.8, 4) is 0 Å². The molecular weight excluding hydrogens is 386 g/mol. The summed E-state index contributed by atoms with van der Waals surface area (Å²) in [5.74, 6) is -0.985. The number of nitrogens with zero attached hydrogens (tertiary/aromatic N) is 1. The molecule has 0 fully saturated rings. The number of hydrogen-bond donors (Lipinski definition) is 1. The van der Waals surface area contributed by atoms with Crippen LogP contribution in [0.1, 0.15) is 68.7 Å². The van der Waals surface area contributed by atoms with Crippen molar-refractivity contribution in [1.29, 1.82) is 0 Å². The summed E-state index contributed by atoms with van der Waals surface area (Å²) >= 11 is 0.